The predicted octanol–water partition coefficient (Wildman–Crippen LogP) is 1.43. The fraction of sp³-hybridized carbons (Fsp3) is 1.00. The maximum absolute atomic E-state index is 7.62. The second kappa shape index (κ2) is 22.4. The molecular formula is C9H24O3. The van der Waals surface area contributed by atoms with Gasteiger partial charge in [0.1, 0.15) is 0 Å². The van der Waals surface area contributed by atoms with Crippen molar-refractivity contribution in [3.8, 4) is 0 Å². The van der Waals surface area contributed by atoms with Crippen molar-refractivity contribution in [1.29, 1.82) is 0 Å². The van der Waals surface area contributed by atoms with Crippen LogP contribution in [0.25, 0.3) is 0 Å². The number of hydrogen-bond acceptors (Lipinski definition) is 3. The monoisotopic (exact) mass is 180 g/mol. The first-order valence-corrected chi connectivity index (χ1v) is 4.12. The van der Waals surface area contributed by atoms with Gasteiger partial charge in [-0.2, -0.15) is 0 Å². The van der Waals surface area contributed by atoms with E-state index in [0.29, 0.717) is 0 Å². The third-order valence-electron chi connectivity index (χ3n) is 0.797. The number of hydrogen-bond donors (Lipinski definition) is 2. The van der Waals surface area contributed by atoms with E-state index in [1.807, 2.05) is 0 Å². The first kappa shape index (κ1) is 17.8. The maximum Gasteiger partial charge on any atom is 0.0662 e. The normalized spacial score (nSPS) is 8.00. The van der Waals surface area contributed by atoms with Gasteiger partial charge in [0, 0.05) is 13.2 Å². The summed E-state index contributed by atoms with van der Waals surface area (Å²) in [5, 5.41) is 15.2. The molecule has 0 bridgehead atoms. The molecule has 0 fully saturated rings. The lowest BCUT2D eigenvalue weighted by Gasteiger charge is -1.95. The standard InChI is InChI=1S/C6H14O.C2H6O2.CH4/c1-3-5-7-6-4-2;3-1-2-4;/h3-6H2,1-2H3;3-4H,1-2H2;1H4. The number of rotatable bonds is 5. The average molecular weight is 180 g/mol. The van der Waals surface area contributed by atoms with Gasteiger partial charge < -0.3 is 14.9 Å². The SMILES string of the molecule is C.CCCOCCC.OCCO. The molecule has 0 amide bonds. The fourth-order valence-electron chi connectivity index (χ4n) is 0.391. The molecule has 0 rings (SSSR count). The van der Waals surface area contributed by atoms with Gasteiger partial charge in [0.15, 0.2) is 0 Å². The van der Waals surface area contributed by atoms with Crippen LogP contribution in [0.2, 0.25) is 0 Å². The minimum absolute atomic E-state index is 0. The molecule has 0 aromatic heterocycles. The molecule has 3 heteroatoms. The zero-order chi connectivity index (χ0) is 8.95. The van der Waals surface area contributed by atoms with Gasteiger partial charge in [-0.25, -0.2) is 0 Å². The van der Waals surface area contributed by atoms with Crippen LogP contribution in [0.5, 0.6) is 0 Å². The van der Waals surface area contributed by atoms with E-state index >= 15 is 0 Å². The summed E-state index contributed by atoms with van der Waals surface area (Å²) in [5.74, 6) is 0. The van der Waals surface area contributed by atoms with E-state index in [1.54, 1.807) is 0 Å². The van der Waals surface area contributed by atoms with Crippen molar-refractivity contribution in [3.63, 3.8) is 0 Å². The summed E-state index contributed by atoms with van der Waals surface area (Å²) in [4.78, 5) is 0. The van der Waals surface area contributed by atoms with E-state index in [4.69, 9.17) is 14.9 Å². The Hall–Kier alpha value is -0.120. The quantitative estimate of drug-likeness (QED) is 0.629. The van der Waals surface area contributed by atoms with Gasteiger partial charge >= 0.3 is 0 Å². The Balaban J connectivity index is -0.000000142. The second-order valence-electron chi connectivity index (χ2n) is 2.06. The van der Waals surface area contributed by atoms with Crippen LogP contribution < -0.4 is 0 Å². The van der Waals surface area contributed by atoms with Gasteiger partial charge in [-0.05, 0) is 12.8 Å². The van der Waals surface area contributed by atoms with E-state index in [1.165, 1.54) is 0 Å². The average Bonchev–Trinajstić information content (AvgIpc) is 2.06. The lowest BCUT2D eigenvalue weighted by Crippen LogP contribution is -1.92. The van der Waals surface area contributed by atoms with E-state index in [0.717, 1.165) is 26.1 Å². The molecule has 2 N–H and O–H groups in total. The van der Waals surface area contributed by atoms with Gasteiger partial charge in [0.25, 0.3) is 0 Å². The molecule has 78 valence electrons. The van der Waals surface area contributed by atoms with E-state index in [-0.39, 0.29) is 20.6 Å². The zero-order valence-corrected chi connectivity index (χ0v) is 7.55. The molecule has 0 heterocycles. The number of aliphatic hydroxyl groups excluding tert-OH is 2. The molecular weight excluding hydrogens is 156 g/mol. The molecule has 0 radical (unpaired) electrons. The molecule has 0 aromatic rings. The molecule has 0 spiro atoms. The van der Waals surface area contributed by atoms with Crippen LogP contribution in [0.15, 0.2) is 0 Å². The second-order valence-corrected chi connectivity index (χ2v) is 2.06. The molecule has 0 saturated carbocycles. The first-order chi connectivity index (χ1) is 5.33. The van der Waals surface area contributed by atoms with Crippen molar-refractivity contribution >= 4 is 0 Å². The lowest BCUT2D eigenvalue weighted by molar-refractivity contribution is 0.135. The Morgan fingerprint density at radius 3 is 1.42 bits per heavy atom. The van der Waals surface area contributed by atoms with Crippen LogP contribution in [0.1, 0.15) is 34.1 Å². The van der Waals surface area contributed by atoms with Gasteiger partial charge in [-0.3, -0.25) is 0 Å². The summed E-state index contributed by atoms with van der Waals surface area (Å²) in [6.45, 7) is 5.84. The Morgan fingerprint density at radius 1 is 0.917 bits per heavy atom. The van der Waals surface area contributed by atoms with E-state index in [2.05, 4.69) is 13.8 Å². The van der Waals surface area contributed by atoms with Crippen LogP contribution in [0, 0.1) is 0 Å². The highest BCUT2D eigenvalue weighted by Crippen LogP contribution is 1.81. The summed E-state index contributed by atoms with van der Waals surface area (Å²) >= 11 is 0. The molecule has 0 aliphatic rings. The van der Waals surface area contributed by atoms with Crippen LogP contribution in [0.4, 0.5) is 0 Å². The largest absolute Gasteiger partial charge is 0.394 e. The van der Waals surface area contributed by atoms with E-state index in [9.17, 15) is 0 Å². The number of ether oxygens (including phenoxy) is 1. The van der Waals surface area contributed by atoms with Crippen molar-refractivity contribution < 1.29 is 14.9 Å². The highest BCUT2D eigenvalue weighted by molar-refractivity contribution is 4.25. The molecule has 12 heavy (non-hydrogen) atoms. The van der Waals surface area contributed by atoms with Crippen LogP contribution in [0.3, 0.4) is 0 Å². The highest BCUT2D eigenvalue weighted by Gasteiger charge is 1.77. The van der Waals surface area contributed by atoms with Gasteiger partial charge in [0.2, 0.25) is 0 Å². The maximum atomic E-state index is 7.62. The lowest BCUT2D eigenvalue weighted by atomic mass is 10.5. The summed E-state index contributed by atoms with van der Waals surface area (Å²) in [7, 11) is 0. The topological polar surface area (TPSA) is 49.7 Å². The minimum atomic E-state index is -0.125. The van der Waals surface area contributed by atoms with Gasteiger partial charge in [0.05, 0.1) is 13.2 Å². The van der Waals surface area contributed by atoms with Gasteiger partial charge in [-0.1, -0.05) is 21.3 Å². The van der Waals surface area contributed by atoms with Gasteiger partial charge in [-0.15, -0.1) is 0 Å². The molecule has 3 nitrogen and oxygen atoms in total. The summed E-state index contributed by atoms with van der Waals surface area (Å²) in [6.07, 6.45) is 2.28. The predicted molar refractivity (Wildman–Crippen MR) is 52.3 cm³/mol. The van der Waals surface area contributed by atoms with Crippen molar-refractivity contribution in [2.45, 2.75) is 34.1 Å². The Morgan fingerprint density at radius 2 is 1.25 bits per heavy atom. The van der Waals surface area contributed by atoms with Crippen molar-refractivity contribution in [1.82, 2.24) is 0 Å². The van der Waals surface area contributed by atoms with Crippen molar-refractivity contribution in [3.05, 3.63) is 0 Å². The summed E-state index contributed by atoms with van der Waals surface area (Å²) in [6, 6.07) is 0. The third kappa shape index (κ3) is 32.7. The first-order valence-electron chi connectivity index (χ1n) is 4.12. The smallest absolute Gasteiger partial charge is 0.0662 e. The summed E-state index contributed by atoms with van der Waals surface area (Å²) < 4.78 is 5.13. The molecule has 0 aliphatic carbocycles. The van der Waals surface area contributed by atoms with Crippen molar-refractivity contribution in [2.75, 3.05) is 26.4 Å². The molecule has 0 saturated heterocycles. The zero-order valence-electron chi connectivity index (χ0n) is 7.55. The Kier molecular flexibility index (Phi) is 33.3. The fourth-order valence-corrected chi connectivity index (χ4v) is 0.391. The van der Waals surface area contributed by atoms with Crippen LogP contribution in [-0.4, -0.2) is 36.6 Å². The highest BCUT2D eigenvalue weighted by atomic mass is 16.5. The number of aliphatic hydroxyl groups is 2. The third-order valence-corrected chi connectivity index (χ3v) is 0.797. The van der Waals surface area contributed by atoms with E-state index < -0.39 is 0 Å². The Labute approximate surface area is 76.4 Å². The molecule has 0 aromatic carbocycles. The molecule has 0 aliphatic heterocycles. The summed E-state index contributed by atoms with van der Waals surface area (Å²) in [5.41, 5.74) is 0. The molecule has 0 unspecified atom stereocenters. The van der Waals surface area contributed by atoms with Crippen LogP contribution >= 0.6 is 0 Å². The minimum Gasteiger partial charge on any atom is -0.394 e. The Bertz CT molecular complexity index is 43.0. The molecule has 0 atom stereocenters. The van der Waals surface area contributed by atoms with Crippen molar-refractivity contribution in [2.24, 2.45) is 0 Å². The van der Waals surface area contributed by atoms with Crippen LogP contribution in [-0.2, 0) is 4.74 Å².